The molecule has 21 heavy (non-hydrogen) atoms. The summed E-state index contributed by atoms with van der Waals surface area (Å²) in [4.78, 5) is 10.2. The maximum absolute atomic E-state index is 10.2. The molecule has 4 heteroatoms. The Morgan fingerprint density at radius 1 is 0.714 bits per heavy atom. The van der Waals surface area contributed by atoms with Crippen molar-refractivity contribution in [3.05, 3.63) is 0 Å². The van der Waals surface area contributed by atoms with Crippen LogP contribution < -0.4 is 10.9 Å². The van der Waals surface area contributed by atoms with E-state index in [9.17, 15) is 4.79 Å². The highest BCUT2D eigenvalue weighted by Gasteiger charge is 1.95. The van der Waals surface area contributed by atoms with Gasteiger partial charge in [-0.3, -0.25) is 5.43 Å². The van der Waals surface area contributed by atoms with E-state index >= 15 is 0 Å². The molecule has 0 atom stereocenters. The predicted molar refractivity (Wildman–Crippen MR) is 89.5 cm³/mol. The number of rotatable bonds is 16. The molecule has 4 nitrogen and oxygen atoms in total. The molecule has 0 aromatic rings. The standard InChI is InChI=1S/C17H36N2O2/c1-2-3-4-5-6-7-8-9-10-11-12-13-14-15-16-18-19-17(20)21/h18-19H,2-16H2,1H3,(H,20,21). The normalized spacial score (nSPS) is 10.7. The van der Waals surface area contributed by atoms with Crippen LogP contribution in [0, 0.1) is 0 Å². The van der Waals surface area contributed by atoms with Crippen molar-refractivity contribution >= 4 is 6.09 Å². The van der Waals surface area contributed by atoms with E-state index in [1.807, 2.05) is 0 Å². The molecule has 0 saturated carbocycles. The molecular weight excluding hydrogens is 264 g/mol. The molecule has 0 aliphatic rings. The van der Waals surface area contributed by atoms with Crippen molar-refractivity contribution in [1.29, 1.82) is 0 Å². The zero-order chi connectivity index (χ0) is 15.6. The van der Waals surface area contributed by atoms with E-state index in [1.165, 1.54) is 83.5 Å². The fraction of sp³-hybridized carbons (Fsp3) is 0.941. The van der Waals surface area contributed by atoms with Crippen LogP contribution in [0.1, 0.15) is 96.8 Å². The molecule has 1 amide bonds. The van der Waals surface area contributed by atoms with Crippen LogP contribution in [0.2, 0.25) is 0 Å². The molecule has 126 valence electrons. The van der Waals surface area contributed by atoms with E-state index in [1.54, 1.807) is 0 Å². The van der Waals surface area contributed by atoms with Crippen LogP contribution in [0.3, 0.4) is 0 Å². The molecule has 0 aromatic heterocycles. The zero-order valence-electron chi connectivity index (χ0n) is 14.0. The summed E-state index contributed by atoms with van der Waals surface area (Å²) in [5.74, 6) is 0. The SMILES string of the molecule is CCCCCCCCCCCCCCCCNNC(=O)O. The minimum atomic E-state index is -1.01. The number of amides is 1. The van der Waals surface area contributed by atoms with Gasteiger partial charge >= 0.3 is 6.09 Å². The summed E-state index contributed by atoms with van der Waals surface area (Å²) in [6.45, 7) is 2.99. The van der Waals surface area contributed by atoms with Crippen molar-refractivity contribution in [3.8, 4) is 0 Å². The molecule has 0 aliphatic carbocycles. The summed E-state index contributed by atoms with van der Waals surface area (Å²) >= 11 is 0. The second-order valence-electron chi connectivity index (χ2n) is 5.95. The summed E-state index contributed by atoms with van der Waals surface area (Å²) in [6.07, 6.45) is 17.8. The first kappa shape index (κ1) is 20.2. The number of unbranched alkanes of at least 4 members (excludes halogenated alkanes) is 13. The van der Waals surface area contributed by atoms with Crippen molar-refractivity contribution in [3.63, 3.8) is 0 Å². The van der Waals surface area contributed by atoms with Gasteiger partial charge < -0.3 is 5.11 Å². The molecule has 0 bridgehead atoms. The Balaban J connectivity index is 2.95. The van der Waals surface area contributed by atoms with E-state index in [-0.39, 0.29) is 0 Å². The Bertz CT molecular complexity index is 223. The summed E-state index contributed by atoms with van der Waals surface area (Å²) < 4.78 is 0. The molecule has 0 aromatic carbocycles. The molecule has 0 rings (SSSR count). The first-order valence-corrected chi connectivity index (χ1v) is 8.99. The van der Waals surface area contributed by atoms with Crippen LogP contribution in [0.25, 0.3) is 0 Å². The number of nitrogens with one attached hydrogen (secondary N) is 2. The first-order valence-electron chi connectivity index (χ1n) is 8.99. The van der Waals surface area contributed by atoms with Gasteiger partial charge in [0.2, 0.25) is 0 Å². The highest BCUT2D eigenvalue weighted by Crippen LogP contribution is 2.12. The minimum Gasteiger partial charge on any atom is -0.464 e. The fourth-order valence-corrected chi connectivity index (χ4v) is 2.55. The number of hydrazine groups is 1. The summed E-state index contributed by atoms with van der Waals surface area (Å²) in [6, 6.07) is 0. The Hall–Kier alpha value is -0.770. The molecule has 0 radical (unpaired) electrons. The summed E-state index contributed by atoms with van der Waals surface area (Å²) in [5, 5.41) is 8.36. The predicted octanol–water partition coefficient (Wildman–Crippen LogP) is 5.24. The van der Waals surface area contributed by atoms with Gasteiger partial charge in [0.25, 0.3) is 0 Å². The Morgan fingerprint density at radius 2 is 1.10 bits per heavy atom. The van der Waals surface area contributed by atoms with Gasteiger partial charge in [0.1, 0.15) is 0 Å². The van der Waals surface area contributed by atoms with E-state index in [4.69, 9.17) is 5.11 Å². The van der Waals surface area contributed by atoms with Crippen LogP contribution in [-0.4, -0.2) is 17.7 Å². The van der Waals surface area contributed by atoms with E-state index < -0.39 is 6.09 Å². The van der Waals surface area contributed by atoms with Crippen molar-refractivity contribution < 1.29 is 9.90 Å². The van der Waals surface area contributed by atoms with E-state index in [2.05, 4.69) is 17.8 Å². The summed E-state index contributed by atoms with van der Waals surface area (Å²) in [7, 11) is 0. The number of hydrogen-bond acceptors (Lipinski definition) is 2. The Morgan fingerprint density at radius 3 is 1.48 bits per heavy atom. The third-order valence-electron chi connectivity index (χ3n) is 3.85. The zero-order valence-corrected chi connectivity index (χ0v) is 14.0. The van der Waals surface area contributed by atoms with Crippen LogP contribution in [0.5, 0.6) is 0 Å². The number of carboxylic acid groups (broad SMARTS) is 1. The van der Waals surface area contributed by atoms with Gasteiger partial charge in [-0.2, -0.15) is 0 Å². The average molecular weight is 300 g/mol. The van der Waals surface area contributed by atoms with Crippen molar-refractivity contribution in [1.82, 2.24) is 10.9 Å². The Kier molecular flexibility index (Phi) is 16.6. The molecule has 0 unspecified atom stereocenters. The van der Waals surface area contributed by atoms with Crippen LogP contribution in [0.4, 0.5) is 4.79 Å². The molecule has 0 saturated heterocycles. The summed E-state index contributed by atoms with van der Waals surface area (Å²) in [5.41, 5.74) is 4.84. The lowest BCUT2D eigenvalue weighted by molar-refractivity contribution is 0.189. The minimum absolute atomic E-state index is 0.727. The lowest BCUT2D eigenvalue weighted by Gasteiger charge is -2.04. The van der Waals surface area contributed by atoms with Crippen LogP contribution >= 0.6 is 0 Å². The van der Waals surface area contributed by atoms with E-state index in [0.717, 1.165) is 13.0 Å². The quantitative estimate of drug-likeness (QED) is 0.270. The van der Waals surface area contributed by atoms with Gasteiger partial charge in [0.05, 0.1) is 0 Å². The van der Waals surface area contributed by atoms with E-state index in [0.29, 0.717) is 0 Å². The fourth-order valence-electron chi connectivity index (χ4n) is 2.55. The van der Waals surface area contributed by atoms with Gasteiger partial charge in [-0.25, -0.2) is 10.2 Å². The molecule has 0 heterocycles. The highest BCUT2D eigenvalue weighted by atomic mass is 16.4. The van der Waals surface area contributed by atoms with Gasteiger partial charge in [-0.05, 0) is 6.42 Å². The lowest BCUT2D eigenvalue weighted by atomic mass is 10.0. The van der Waals surface area contributed by atoms with Gasteiger partial charge in [0.15, 0.2) is 0 Å². The third-order valence-corrected chi connectivity index (χ3v) is 3.85. The average Bonchev–Trinajstić information content (AvgIpc) is 2.46. The van der Waals surface area contributed by atoms with Crippen LogP contribution in [0.15, 0.2) is 0 Å². The van der Waals surface area contributed by atoms with Crippen molar-refractivity contribution in [2.75, 3.05) is 6.54 Å². The van der Waals surface area contributed by atoms with Crippen molar-refractivity contribution in [2.24, 2.45) is 0 Å². The smallest absolute Gasteiger partial charge is 0.419 e. The monoisotopic (exact) mass is 300 g/mol. The van der Waals surface area contributed by atoms with Gasteiger partial charge in [0, 0.05) is 6.54 Å². The number of carbonyl (C=O) groups is 1. The third kappa shape index (κ3) is 19.2. The van der Waals surface area contributed by atoms with Crippen LogP contribution in [-0.2, 0) is 0 Å². The maximum atomic E-state index is 10.2. The second kappa shape index (κ2) is 17.3. The molecule has 3 N–H and O–H groups in total. The topological polar surface area (TPSA) is 61.4 Å². The highest BCUT2D eigenvalue weighted by molar-refractivity contribution is 5.63. The second-order valence-corrected chi connectivity index (χ2v) is 5.95. The maximum Gasteiger partial charge on any atom is 0.419 e. The van der Waals surface area contributed by atoms with Gasteiger partial charge in [-0.1, -0.05) is 90.4 Å². The molecule has 0 fully saturated rings. The first-order chi connectivity index (χ1) is 10.3. The van der Waals surface area contributed by atoms with Crippen molar-refractivity contribution in [2.45, 2.75) is 96.8 Å². The van der Waals surface area contributed by atoms with Gasteiger partial charge in [-0.15, -0.1) is 0 Å². The molecule has 0 aliphatic heterocycles. The lowest BCUT2D eigenvalue weighted by Crippen LogP contribution is -2.36. The number of hydrogen-bond donors (Lipinski definition) is 3. The molecule has 0 spiro atoms. The molecular formula is C17H36N2O2. The Labute approximate surface area is 131 Å². The largest absolute Gasteiger partial charge is 0.464 e.